The number of ketones is 1. The van der Waals surface area contributed by atoms with Crippen LogP contribution in [0.25, 0.3) is 0 Å². The SMILES string of the molecule is CC[C@@H]1C(C)[C@@H]2CC[C@H]1C(C(=O)C(C)C)N2. The molecule has 2 nitrogen and oxygen atoms in total. The molecule has 0 aromatic heterocycles. The highest BCUT2D eigenvalue weighted by Crippen LogP contribution is 2.43. The third-order valence-corrected chi connectivity index (χ3v) is 4.84. The molecule has 2 saturated heterocycles. The van der Waals surface area contributed by atoms with Crippen LogP contribution in [0.2, 0.25) is 0 Å². The molecule has 3 rings (SSSR count). The zero-order valence-corrected chi connectivity index (χ0v) is 11.0. The van der Waals surface area contributed by atoms with Crippen molar-refractivity contribution in [1.82, 2.24) is 5.32 Å². The molecule has 2 heterocycles. The van der Waals surface area contributed by atoms with Gasteiger partial charge in [-0.05, 0) is 30.6 Å². The predicted octanol–water partition coefficient (Wildman–Crippen LogP) is 2.62. The number of nitrogens with one attached hydrogen (secondary N) is 1. The second kappa shape index (κ2) is 4.48. The van der Waals surface area contributed by atoms with Gasteiger partial charge in [-0.3, -0.25) is 4.79 Å². The van der Waals surface area contributed by atoms with Crippen molar-refractivity contribution >= 4 is 5.78 Å². The van der Waals surface area contributed by atoms with E-state index in [1.165, 1.54) is 19.3 Å². The molecule has 16 heavy (non-hydrogen) atoms. The maximum atomic E-state index is 12.2. The normalized spacial score (nSPS) is 42.7. The van der Waals surface area contributed by atoms with E-state index in [0.29, 0.717) is 17.7 Å². The maximum absolute atomic E-state index is 12.2. The first-order valence-corrected chi connectivity index (χ1v) is 6.86. The van der Waals surface area contributed by atoms with E-state index in [1.807, 2.05) is 13.8 Å². The molecule has 5 atom stereocenters. The van der Waals surface area contributed by atoms with Crippen molar-refractivity contribution in [3.8, 4) is 0 Å². The molecule has 2 bridgehead atoms. The van der Waals surface area contributed by atoms with Gasteiger partial charge in [0.25, 0.3) is 0 Å². The van der Waals surface area contributed by atoms with Crippen LogP contribution in [0.15, 0.2) is 0 Å². The van der Waals surface area contributed by atoms with Crippen molar-refractivity contribution in [2.24, 2.45) is 23.7 Å². The molecule has 0 aromatic rings. The molecule has 3 aliphatic rings. The van der Waals surface area contributed by atoms with Gasteiger partial charge in [0.15, 0.2) is 5.78 Å². The van der Waals surface area contributed by atoms with E-state index in [1.54, 1.807) is 0 Å². The van der Waals surface area contributed by atoms with Crippen LogP contribution in [-0.2, 0) is 4.79 Å². The molecule has 2 aliphatic heterocycles. The Labute approximate surface area is 99.2 Å². The third kappa shape index (κ3) is 1.81. The topological polar surface area (TPSA) is 29.1 Å². The Morgan fingerprint density at radius 2 is 2.06 bits per heavy atom. The molecule has 92 valence electrons. The van der Waals surface area contributed by atoms with Gasteiger partial charge in [0.2, 0.25) is 0 Å². The Bertz CT molecular complexity index is 274. The fourth-order valence-electron chi connectivity index (χ4n) is 3.87. The second-order valence-electron chi connectivity index (χ2n) is 5.98. The van der Waals surface area contributed by atoms with Crippen molar-refractivity contribution in [3.63, 3.8) is 0 Å². The van der Waals surface area contributed by atoms with Gasteiger partial charge in [0.05, 0.1) is 6.04 Å². The average molecular weight is 223 g/mol. The summed E-state index contributed by atoms with van der Waals surface area (Å²) < 4.78 is 0. The Balaban J connectivity index is 2.16. The van der Waals surface area contributed by atoms with Gasteiger partial charge in [-0.1, -0.05) is 34.1 Å². The zero-order chi connectivity index (χ0) is 11.9. The summed E-state index contributed by atoms with van der Waals surface area (Å²) in [5, 5.41) is 3.60. The average Bonchev–Trinajstić information content (AvgIpc) is 2.28. The lowest BCUT2D eigenvalue weighted by Crippen LogP contribution is -2.63. The summed E-state index contributed by atoms with van der Waals surface area (Å²) in [6.07, 6.45) is 3.75. The Kier molecular flexibility index (Phi) is 3.39. The lowest BCUT2D eigenvalue weighted by molar-refractivity contribution is -0.130. The van der Waals surface area contributed by atoms with Crippen LogP contribution in [0.3, 0.4) is 0 Å². The minimum Gasteiger partial charge on any atom is -0.304 e. The van der Waals surface area contributed by atoms with E-state index in [2.05, 4.69) is 19.2 Å². The van der Waals surface area contributed by atoms with E-state index in [0.717, 1.165) is 11.8 Å². The first kappa shape index (κ1) is 12.1. The molecular weight excluding hydrogens is 198 g/mol. The van der Waals surface area contributed by atoms with E-state index < -0.39 is 0 Å². The highest BCUT2D eigenvalue weighted by atomic mass is 16.1. The Morgan fingerprint density at radius 1 is 1.38 bits per heavy atom. The summed E-state index contributed by atoms with van der Waals surface area (Å²) in [4.78, 5) is 12.2. The molecule has 0 aromatic carbocycles. The van der Waals surface area contributed by atoms with Gasteiger partial charge in [-0.25, -0.2) is 0 Å². The minimum absolute atomic E-state index is 0.153. The van der Waals surface area contributed by atoms with Gasteiger partial charge in [0.1, 0.15) is 0 Å². The standard InChI is InChI=1S/C14H25NO/c1-5-10-9(4)12-7-6-11(10)13(15-12)14(16)8(2)3/h8-13,15H,5-7H2,1-4H3/t9?,10-,11-,12+,13?/m1/s1. The quantitative estimate of drug-likeness (QED) is 0.797. The largest absolute Gasteiger partial charge is 0.304 e. The fraction of sp³-hybridized carbons (Fsp3) is 0.929. The number of piperidine rings is 2. The predicted molar refractivity (Wildman–Crippen MR) is 66.2 cm³/mol. The number of carbonyl (C=O) groups is 1. The highest BCUT2D eigenvalue weighted by molar-refractivity contribution is 5.86. The monoisotopic (exact) mass is 223 g/mol. The maximum Gasteiger partial charge on any atom is 0.152 e. The van der Waals surface area contributed by atoms with Crippen molar-refractivity contribution in [3.05, 3.63) is 0 Å². The molecule has 1 N–H and O–H groups in total. The molecular formula is C14H25NO. The molecule has 1 saturated carbocycles. The second-order valence-corrected chi connectivity index (χ2v) is 5.98. The van der Waals surface area contributed by atoms with Gasteiger partial charge in [-0.2, -0.15) is 0 Å². The van der Waals surface area contributed by atoms with Gasteiger partial charge >= 0.3 is 0 Å². The molecule has 2 heteroatoms. The van der Waals surface area contributed by atoms with Crippen LogP contribution in [0.4, 0.5) is 0 Å². The summed E-state index contributed by atoms with van der Waals surface area (Å²) in [6.45, 7) is 8.68. The first-order chi connectivity index (χ1) is 7.56. The van der Waals surface area contributed by atoms with Gasteiger partial charge < -0.3 is 5.32 Å². The van der Waals surface area contributed by atoms with Crippen molar-refractivity contribution < 1.29 is 4.79 Å². The van der Waals surface area contributed by atoms with E-state index in [4.69, 9.17) is 0 Å². The van der Waals surface area contributed by atoms with Crippen LogP contribution in [0.1, 0.15) is 47.0 Å². The Hall–Kier alpha value is -0.370. The van der Waals surface area contributed by atoms with Crippen molar-refractivity contribution in [1.29, 1.82) is 0 Å². The van der Waals surface area contributed by atoms with E-state index in [9.17, 15) is 4.79 Å². The molecule has 0 radical (unpaired) electrons. The highest BCUT2D eigenvalue weighted by Gasteiger charge is 2.47. The van der Waals surface area contributed by atoms with E-state index in [-0.39, 0.29) is 12.0 Å². The van der Waals surface area contributed by atoms with Crippen LogP contribution in [0.5, 0.6) is 0 Å². The fourth-order valence-corrected chi connectivity index (χ4v) is 3.87. The summed E-state index contributed by atoms with van der Waals surface area (Å²) in [5.41, 5.74) is 0. The number of Topliss-reactive ketones (excluding diaryl/α,β-unsaturated/α-hetero) is 1. The zero-order valence-electron chi connectivity index (χ0n) is 11.0. The Morgan fingerprint density at radius 3 is 2.62 bits per heavy atom. The number of fused-ring (bicyclic) bond motifs is 3. The summed E-state index contributed by atoms with van der Waals surface area (Å²) >= 11 is 0. The number of hydrogen-bond acceptors (Lipinski definition) is 2. The van der Waals surface area contributed by atoms with E-state index >= 15 is 0 Å². The lowest BCUT2D eigenvalue weighted by atomic mass is 9.61. The molecule has 1 aliphatic carbocycles. The summed E-state index contributed by atoms with van der Waals surface area (Å²) in [6, 6.07) is 0.738. The molecule has 2 unspecified atom stereocenters. The minimum atomic E-state index is 0.153. The van der Waals surface area contributed by atoms with Crippen LogP contribution >= 0.6 is 0 Å². The molecule has 0 spiro atoms. The first-order valence-electron chi connectivity index (χ1n) is 6.86. The lowest BCUT2D eigenvalue weighted by Gasteiger charge is -2.52. The number of carbonyl (C=O) groups excluding carboxylic acids is 1. The molecule has 0 amide bonds. The van der Waals surface area contributed by atoms with Crippen LogP contribution in [0, 0.1) is 23.7 Å². The molecule has 3 fully saturated rings. The van der Waals surface area contributed by atoms with Gasteiger partial charge in [0, 0.05) is 12.0 Å². The number of rotatable bonds is 3. The van der Waals surface area contributed by atoms with Crippen molar-refractivity contribution in [2.75, 3.05) is 0 Å². The smallest absolute Gasteiger partial charge is 0.152 e. The summed E-state index contributed by atoms with van der Waals surface area (Å²) in [5.74, 6) is 2.71. The van der Waals surface area contributed by atoms with Crippen LogP contribution < -0.4 is 5.32 Å². The van der Waals surface area contributed by atoms with Crippen molar-refractivity contribution in [2.45, 2.75) is 59.0 Å². The number of hydrogen-bond donors (Lipinski definition) is 1. The third-order valence-electron chi connectivity index (χ3n) is 4.84. The summed E-state index contributed by atoms with van der Waals surface area (Å²) in [7, 11) is 0. The van der Waals surface area contributed by atoms with Gasteiger partial charge in [-0.15, -0.1) is 0 Å². The van der Waals surface area contributed by atoms with Crippen LogP contribution in [-0.4, -0.2) is 17.9 Å².